The molecule has 0 atom stereocenters. The Labute approximate surface area is 402 Å². The fraction of sp³-hybridized carbons (Fsp3) is 0.0294. The number of anilines is 3. The van der Waals surface area contributed by atoms with Crippen LogP contribution in [0.4, 0.5) is 17.1 Å². The molecular formula is C68H43N. The van der Waals surface area contributed by atoms with Gasteiger partial charge in [-0.2, -0.15) is 0 Å². The summed E-state index contributed by atoms with van der Waals surface area (Å²) in [4.78, 5) is 2.38. The number of benzene rings is 11. The van der Waals surface area contributed by atoms with Gasteiger partial charge in [-0.25, -0.2) is 0 Å². The lowest BCUT2D eigenvalue weighted by Crippen LogP contribution is -2.26. The topological polar surface area (TPSA) is 3.24 Å². The van der Waals surface area contributed by atoms with Gasteiger partial charge in [0.2, 0.25) is 0 Å². The van der Waals surface area contributed by atoms with Crippen molar-refractivity contribution in [1.29, 1.82) is 0 Å². The lowest BCUT2D eigenvalue weighted by Gasteiger charge is -2.32. The summed E-state index contributed by atoms with van der Waals surface area (Å²) in [5, 5.41) is 0. The highest BCUT2D eigenvalue weighted by Gasteiger charge is 2.53. The average molecular weight is 874 g/mol. The molecule has 11 aromatic rings. The van der Waals surface area contributed by atoms with Gasteiger partial charge in [0.25, 0.3) is 0 Å². The first kappa shape index (κ1) is 38.3. The van der Waals surface area contributed by atoms with Gasteiger partial charge in [0, 0.05) is 17.1 Å². The Balaban J connectivity index is 0.832. The van der Waals surface area contributed by atoms with Gasteiger partial charge in [-0.3, -0.25) is 0 Å². The number of nitrogens with zero attached hydrogens (tertiary/aromatic N) is 1. The SMILES string of the molecule is c1ccc(N(c2ccc(-c3ccc4c(c3)C3(c5ccccc5-c5ccccc53)c3ccccc3-4)cc2)c2ccc(-c3cccc4c3C3(c5ccccc5-c5ccccc53)c3ccccc3-4)cc2)cc1. The van der Waals surface area contributed by atoms with E-state index in [1.807, 2.05) is 0 Å². The van der Waals surface area contributed by atoms with Crippen molar-refractivity contribution in [2.75, 3.05) is 4.90 Å². The molecule has 69 heavy (non-hydrogen) atoms. The van der Waals surface area contributed by atoms with Crippen molar-refractivity contribution in [3.05, 3.63) is 305 Å². The minimum Gasteiger partial charge on any atom is -0.311 e. The summed E-state index contributed by atoms with van der Waals surface area (Å²) in [7, 11) is 0. The standard InChI is InChI=1S/C68H43N/c1-2-17-47(18-3-1)69(48-38-33-44(34-39-48)46-37-42-57-55-23-6-12-29-61(55)67(65(57)43-46)59-27-10-4-19-51(59)52-20-5-11-28-60(52)67)49-40-35-45(36-41-49)50-25-16-26-58-56-24-9-15-32-64(56)68(66(50)58)62-30-13-7-21-53(62)54-22-8-14-31-63(54)68/h1-43H. The van der Waals surface area contributed by atoms with E-state index in [9.17, 15) is 0 Å². The third-order valence-electron chi connectivity index (χ3n) is 15.9. The zero-order valence-electron chi connectivity index (χ0n) is 37.8. The van der Waals surface area contributed by atoms with Crippen LogP contribution in [0.1, 0.15) is 44.5 Å². The third kappa shape index (κ3) is 5.04. The Morgan fingerprint density at radius 3 is 1.01 bits per heavy atom. The zero-order valence-corrected chi connectivity index (χ0v) is 37.8. The molecule has 1 nitrogen and oxygen atoms in total. The summed E-state index contributed by atoms with van der Waals surface area (Å²) >= 11 is 0. The summed E-state index contributed by atoms with van der Waals surface area (Å²) in [5.41, 5.74) is 28.9. The van der Waals surface area contributed by atoms with Gasteiger partial charge in [0.05, 0.1) is 10.8 Å². The van der Waals surface area contributed by atoms with Gasteiger partial charge in [-0.05, 0) is 154 Å². The van der Waals surface area contributed by atoms with Crippen LogP contribution < -0.4 is 4.90 Å². The number of rotatable bonds is 5. The monoisotopic (exact) mass is 873 g/mol. The Hall–Kier alpha value is -8.78. The molecule has 0 aliphatic heterocycles. The van der Waals surface area contributed by atoms with E-state index >= 15 is 0 Å². The molecular weight excluding hydrogens is 831 g/mol. The van der Waals surface area contributed by atoms with E-state index in [4.69, 9.17) is 0 Å². The first-order valence-electron chi connectivity index (χ1n) is 24.2. The molecule has 0 radical (unpaired) electrons. The molecule has 1 heteroatoms. The molecule has 4 aliphatic carbocycles. The van der Waals surface area contributed by atoms with Crippen LogP contribution in [0.5, 0.6) is 0 Å². The zero-order chi connectivity index (χ0) is 45.3. The summed E-state index contributed by atoms with van der Waals surface area (Å²) < 4.78 is 0. The maximum atomic E-state index is 2.47. The molecule has 15 rings (SSSR count). The second-order valence-corrected chi connectivity index (χ2v) is 19.0. The van der Waals surface area contributed by atoms with Crippen LogP contribution >= 0.6 is 0 Å². The van der Waals surface area contributed by atoms with Crippen LogP contribution in [-0.2, 0) is 10.8 Å². The van der Waals surface area contributed by atoms with Crippen molar-refractivity contribution in [2.45, 2.75) is 10.8 Å². The predicted molar refractivity (Wildman–Crippen MR) is 285 cm³/mol. The van der Waals surface area contributed by atoms with Gasteiger partial charge < -0.3 is 4.90 Å². The number of fused-ring (bicyclic) bond motifs is 20. The molecule has 320 valence electrons. The summed E-state index contributed by atoms with van der Waals surface area (Å²) in [5.74, 6) is 0. The van der Waals surface area contributed by atoms with Crippen LogP contribution in [0.2, 0.25) is 0 Å². The molecule has 0 amide bonds. The summed E-state index contributed by atoms with van der Waals surface area (Å²) in [6, 6.07) is 97.6. The lowest BCUT2D eigenvalue weighted by molar-refractivity contribution is 0.794. The summed E-state index contributed by atoms with van der Waals surface area (Å²) in [6.07, 6.45) is 0. The van der Waals surface area contributed by atoms with E-state index < -0.39 is 5.41 Å². The number of hydrogen-bond acceptors (Lipinski definition) is 1. The molecule has 0 saturated heterocycles. The van der Waals surface area contributed by atoms with Gasteiger partial charge in [-0.1, -0.05) is 218 Å². The maximum absolute atomic E-state index is 2.47. The molecule has 0 saturated carbocycles. The van der Waals surface area contributed by atoms with E-state index in [1.54, 1.807) is 0 Å². The van der Waals surface area contributed by atoms with Crippen LogP contribution in [0.3, 0.4) is 0 Å². The first-order chi connectivity index (χ1) is 34.2. The minimum absolute atomic E-state index is 0.373. The van der Waals surface area contributed by atoms with Crippen molar-refractivity contribution in [1.82, 2.24) is 0 Å². The second-order valence-electron chi connectivity index (χ2n) is 19.0. The van der Waals surface area contributed by atoms with Crippen molar-refractivity contribution in [3.63, 3.8) is 0 Å². The Morgan fingerprint density at radius 2 is 0.536 bits per heavy atom. The van der Waals surface area contributed by atoms with Crippen molar-refractivity contribution >= 4 is 17.1 Å². The van der Waals surface area contributed by atoms with Crippen LogP contribution in [0.25, 0.3) is 66.8 Å². The van der Waals surface area contributed by atoms with E-state index in [-0.39, 0.29) is 5.41 Å². The van der Waals surface area contributed by atoms with Crippen molar-refractivity contribution in [2.24, 2.45) is 0 Å². The van der Waals surface area contributed by atoms with E-state index in [1.165, 1.54) is 111 Å². The molecule has 4 aliphatic rings. The summed E-state index contributed by atoms with van der Waals surface area (Å²) in [6.45, 7) is 0. The fourth-order valence-electron chi connectivity index (χ4n) is 13.3. The van der Waals surface area contributed by atoms with Gasteiger partial charge in [0.15, 0.2) is 0 Å². The molecule has 0 bridgehead atoms. The van der Waals surface area contributed by atoms with Crippen LogP contribution in [0, 0.1) is 0 Å². The maximum Gasteiger partial charge on any atom is 0.0731 e. The van der Waals surface area contributed by atoms with Crippen LogP contribution in [0.15, 0.2) is 261 Å². The molecule has 0 N–H and O–H groups in total. The molecule has 0 heterocycles. The molecule has 11 aromatic carbocycles. The van der Waals surface area contributed by atoms with Crippen molar-refractivity contribution < 1.29 is 0 Å². The highest BCUT2D eigenvalue weighted by Crippen LogP contribution is 2.65. The number of para-hydroxylation sites is 1. The Kier molecular flexibility index (Phi) is 7.98. The Bertz CT molecular complexity index is 3770. The Morgan fingerprint density at radius 1 is 0.203 bits per heavy atom. The molecule has 0 fully saturated rings. The van der Waals surface area contributed by atoms with Crippen molar-refractivity contribution in [3.8, 4) is 66.8 Å². The molecule has 2 spiro atoms. The third-order valence-corrected chi connectivity index (χ3v) is 15.9. The van der Waals surface area contributed by atoms with E-state index in [2.05, 4.69) is 266 Å². The van der Waals surface area contributed by atoms with E-state index in [0.717, 1.165) is 17.1 Å². The second kappa shape index (κ2) is 14.4. The highest BCUT2D eigenvalue weighted by atomic mass is 15.1. The lowest BCUT2D eigenvalue weighted by atomic mass is 9.68. The number of hydrogen-bond donors (Lipinski definition) is 0. The first-order valence-corrected chi connectivity index (χ1v) is 24.2. The van der Waals surface area contributed by atoms with Gasteiger partial charge in [0.1, 0.15) is 0 Å². The largest absolute Gasteiger partial charge is 0.311 e. The van der Waals surface area contributed by atoms with Crippen LogP contribution in [-0.4, -0.2) is 0 Å². The normalized spacial score (nSPS) is 14.0. The smallest absolute Gasteiger partial charge is 0.0731 e. The predicted octanol–water partition coefficient (Wildman–Crippen LogP) is 17.2. The average Bonchev–Trinajstić information content (AvgIpc) is 4.11. The fourth-order valence-corrected chi connectivity index (χ4v) is 13.3. The van der Waals surface area contributed by atoms with Gasteiger partial charge in [-0.15, -0.1) is 0 Å². The van der Waals surface area contributed by atoms with Gasteiger partial charge >= 0.3 is 0 Å². The molecule has 0 aromatic heterocycles. The van der Waals surface area contributed by atoms with E-state index in [0.29, 0.717) is 0 Å². The minimum atomic E-state index is -0.415. The quantitative estimate of drug-likeness (QED) is 0.167. The molecule has 0 unspecified atom stereocenters. The highest BCUT2D eigenvalue weighted by molar-refractivity contribution is 6.00.